The number of hydrogen-bond donors (Lipinski definition) is 1. The molecule has 0 amide bonds. The number of aryl methyl sites for hydroxylation is 3. The van der Waals surface area contributed by atoms with Crippen molar-refractivity contribution < 1.29 is 0 Å². The van der Waals surface area contributed by atoms with E-state index < -0.39 is 0 Å². The predicted molar refractivity (Wildman–Crippen MR) is 86.7 cm³/mol. The smallest absolute Gasteiger partial charge is 0.0739 e. The van der Waals surface area contributed by atoms with Gasteiger partial charge >= 0.3 is 0 Å². The van der Waals surface area contributed by atoms with Gasteiger partial charge < -0.3 is 5.32 Å². The summed E-state index contributed by atoms with van der Waals surface area (Å²) in [4.78, 5) is 0. The first kappa shape index (κ1) is 15.3. The molecule has 0 saturated carbocycles. The van der Waals surface area contributed by atoms with Crippen molar-refractivity contribution in [2.75, 3.05) is 0 Å². The monoisotopic (exact) mass is 335 g/mol. The summed E-state index contributed by atoms with van der Waals surface area (Å²) in [5, 5.41) is 8.05. The van der Waals surface area contributed by atoms with E-state index in [4.69, 9.17) is 0 Å². The Morgan fingerprint density at radius 2 is 1.85 bits per heavy atom. The molecule has 0 saturated heterocycles. The molecule has 20 heavy (non-hydrogen) atoms. The van der Waals surface area contributed by atoms with Crippen LogP contribution in [0.1, 0.15) is 36.4 Å². The SMILES string of the molecule is CCc1ccccc1CNCc1c(Br)c(C)nn1CC. The van der Waals surface area contributed by atoms with Crippen LogP contribution in [0.5, 0.6) is 0 Å². The maximum absolute atomic E-state index is 4.52. The summed E-state index contributed by atoms with van der Waals surface area (Å²) in [6.45, 7) is 8.97. The minimum Gasteiger partial charge on any atom is -0.307 e. The van der Waals surface area contributed by atoms with Crippen molar-refractivity contribution >= 4 is 15.9 Å². The first-order valence-electron chi connectivity index (χ1n) is 7.16. The molecule has 0 radical (unpaired) electrons. The Hall–Kier alpha value is -1.13. The molecule has 1 aromatic heterocycles. The van der Waals surface area contributed by atoms with Gasteiger partial charge in [-0.3, -0.25) is 4.68 Å². The zero-order valence-corrected chi connectivity index (χ0v) is 14.0. The van der Waals surface area contributed by atoms with Crippen molar-refractivity contribution in [1.82, 2.24) is 15.1 Å². The van der Waals surface area contributed by atoms with E-state index in [9.17, 15) is 0 Å². The number of halogens is 1. The Morgan fingerprint density at radius 1 is 1.15 bits per heavy atom. The molecule has 0 aliphatic carbocycles. The zero-order chi connectivity index (χ0) is 14.5. The van der Waals surface area contributed by atoms with Crippen LogP contribution in [0.25, 0.3) is 0 Å². The quantitative estimate of drug-likeness (QED) is 0.869. The van der Waals surface area contributed by atoms with Crippen LogP contribution in [0.4, 0.5) is 0 Å². The standard InChI is InChI=1S/C16H22BrN3/c1-4-13-8-6-7-9-14(13)10-18-11-15-16(17)12(3)19-20(15)5-2/h6-9,18H,4-5,10-11H2,1-3H3. The van der Waals surface area contributed by atoms with Crippen LogP contribution in [0.2, 0.25) is 0 Å². The van der Waals surface area contributed by atoms with Crippen LogP contribution in [-0.2, 0) is 26.1 Å². The molecule has 0 bridgehead atoms. The molecule has 0 fully saturated rings. The van der Waals surface area contributed by atoms with E-state index in [-0.39, 0.29) is 0 Å². The molecule has 1 N–H and O–H groups in total. The lowest BCUT2D eigenvalue weighted by atomic mass is 10.1. The topological polar surface area (TPSA) is 29.9 Å². The lowest BCUT2D eigenvalue weighted by Gasteiger charge is -2.10. The van der Waals surface area contributed by atoms with Crippen molar-refractivity contribution in [2.24, 2.45) is 0 Å². The van der Waals surface area contributed by atoms with E-state index in [1.54, 1.807) is 0 Å². The second-order valence-electron chi connectivity index (χ2n) is 4.89. The lowest BCUT2D eigenvalue weighted by Crippen LogP contribution is -2.17. The Labute approximate surface area is 129 Å². The maximum atomic E-state index is 4.52. The molecule has 2 rings (SSSR count). The van der Waals surface area contributed by atoms with Gasteiger partial charge in [-0.05, 0) is 47.3 Å². The molecular weight excluding hydrogens is 314 g/mol. The van der Waals surface area contributed by atoms with E-state index in [2.05, 4.69) is 69.1 Å². The number of aromatic nitrogens is 2. The van der Waals surface area contributed by atoms with Crippen LogP contribution in [0.15, 0.2) is 28.7 Å². The Bertz CT molecular complexity index is 575. The van der Waals surface area contributed by atoms with Crippen LogP contribution in [-0.4, -0.2) is 9.78 Å². The maximum Gasteiger partial charge on any atom is 0.0739 e. The number of hydrogen-bond acceptors (Lipinski definition) is 2. The molecule has 0 aliphatic rings. The normalized spacial score (nSPS) is 11.0. The largest absolute Gasteiger partial charge is 0.307 e. The zero-order valence-electron chi connectivity index (χ0n) is 12.4. The fourth-order valence-electron chi connectivity index (χ4n) is 2.43. The minimum absolute atomic E-state index is 0.827. The Kier molecular flexibility index (Phi) is 5.38. The van der Waals surface area contributed by atoms with Gasteiger partial charge in [-0.15, -0.1) is 0 Å². The van der Waals surface area contributed by atoms with E-state index in [1.165, 1.54) is 16.8 Å². The molecule has 0 aliphatic heterocycles. The number of rotatable bonds is 6. The van der Waals surface area contributed by atoms with Crippen molar-refractivity contribution in [3.05, 3.63) is 51.3 Å². The van der Waals surface area contributed by atoms with Crippen LogP contribution in [0, 0.1) is 6.92 Å². The fourth-order valence-corrected chi connectivity index (χ4v) is 2.85. The van der Waals surface area contributed by atoms with E-state index >= 15 is 0 Å². The molecule has 0 unspecified atom stereocenters. The summed E-state index contributed by atoms with van der Waals surface area (Å²) >= 11 is 3.63. The third-order valence-corrected chi connectivity index (χ3v) is 4.59. The molecule has 0 atom stereocenters. The predicted octanol–water partition coefficient (Wildman–Crippen LogP) is 3.83. The Morgan fingerprint density at radius 3 is 2.50 bits per heavy atom. The molecule has 2 aromatic rings. The molecule has 1 heterocycles. The molecule has 1 aromatic carbocycles. The second kappa shape index (κ2) is 7.04. The van der Waals surface area contributed by atoms with Gasteiger partial charge in [-0.25, -0.2) is 0 Å². The number of benzene rings is 1. The van der Waals surface area contributed by atoms with Gasteiger partial charge in [-0.1, -0.05) is 31.2 Å². The van der Waals surface area contributed by atoms with Gasteiger partial charge in [-0.2, -0.15) is 5.10 Å². The summed E-state index contributed by atoms with van der Waals surface area (Å²) < 4.78 is 3.17. The van der Waals surface area contributed by atoms with Gasteiger partial charge in [0.2, 0.25) is 0 Å². The van der Waals surface area contributed by atoms with Crippen molar-refractivity contribution in [3.63, 3.8) is 0 Å². The Balaban J connectivity index is 2.03. The minimum atomic E-state index is 0.827. The highest BCUT2D eigenvalue weighted by Crippen LogP contribution is 2.21. The first-order valence-corrected chi connectivity index (χ1v) is 7.95. The summed E-state index contributed by atoms with van der Waals surface area (Å²) in [6, 6.07) is 8.61. The van der Waals surface area contributed by atoms with Crippen LogP contribution in [0.3, 0.4) is 0 Å². The van der Waals surface area contributed by atoms with Gasteiger partial charge in [0, 0.05) is 19.6 Å². The van der Waals surface area contributed by atoms with Crippen molar-refractivity contribution in [1.29, 1.82) is 0 Å². The third kappa shape index (κ3) is 3.30. The summed E-state index contributed by atoms with van der Waals surface area (Å²) in [5.41, 5.74) is 5.07. The first-order chi connectivity index (χ1) is 9.67. The van der Waals surface area contributed by atoms with E-state index in [1.807, 2.05) is 6.92 Å². The average molecular weight is 336 g/mol. The average Bonchev–Trinajstić information content (AvgIpc) is 2.75. The molecule has 108 valence electrons. The molecular formula is C16H22BrN3. The molecule has 4 heteroatoms. The van der Waals surface area contributed by atoms with Crippen molar-refractivity contribution in [3.8, 4) is 0 Å². The summed E-state index contributed by atoms with van der Waals surface area (Å²) in [5.74, 6) is 0. The number of nitrogens with zero attached hydrogens (tertiary/aromatic N) is 2. The summed E-state index contributed by atoms with van der Waals surface area (Å²) in [6.07, 6.45) is 1.08. The van der Waals surface area contributed by atoms with E-state index in [0.29, 0.717) is 0 Å². The second-order valence-corrected chi connectivity index (χ2v) is 5.68. The molecule has 3 nitrogen and oxygen atoms in total. The fraction of sp³-hybridized carbons (Fsp3) is 0.438. The van der Waals surface area contributed by atoms with Crippen LogP contribution < -0.4 is 5.32 Å². The van der Waals surface area contributed by atoms with Crippen molar-refractivity contribution in [2.45, 2.75) is 46.8 Å². The van der Waals surface area contributed by atoms with Gasteiger partial charge in [0.25, 0.3) is 0 Å². The number of nitrogens with one attached hydrogen (secondary N) is 1. The highest BCUT2D eigenvalue weighted by Gasteiger charge is 2.11. The van der Waals surface area contributed by atoms with E-state index in [0.717, 1.165) is 36.2 Å². The van der Waals surface area contributed by atoms with Gasteiger partial charge in [0.05, 0.1) is 15.9 Å². The van der Waals surface area contributed by atoms with Gasteiger partial charge in [0.15, 0.2) is 0 Å². The highest BCUT2D eigenvalue weighted by molar-refractivity contribution is 9.10. The summed E-state index contributed by atoms with van der Waals surface area (Å²) in [7, 11) is 0. The third-order valence-electron chi connectivity index (χ3n) is 3.56. The lowest BCUT2D eigenvalue weighted by molar-refractivity contribution is 0.577. The van der Waals surface area contributed by atoms with Gasteiger partial charge in [0.1, 0.15) is 0 Å². The van der Waals surface area contributed by atoms with Crippen LogP contribution >= 0.6 is 15.9 Å². The molecule has 0 spiro atoms. The highest BCUT2D eigenvalue weighted by atomic mass is 79.9.